The highest BCUT2D eigenvalue weighted by Crippen LogP contribution is 2.34. The lowest BCUT2D eigenvalue weighted by atomic mass is 10.0. The van der Waals surface area contributed by atoms with E-state index in [1.807, 2.05) is 51.1 Å². The maximum Gasteiger partial charge on any atom is 0.224 e. The number of rotatable bonds is 6. The Balaban J connectivity index is 1.39. The second kappa shape index (κ2) is 9.75. The lowest BCUT2D eigenvalue weighted by molar-refractivity contribution is -0.116. The van der Waals surface area contributed by atoms with Gasteiger partial charge in [0.05, 0.1) is 40.5 Å². The summed E-state index contributed by atoms with van der Waals surface area (Å²) < 4.78 is 14.2. The molecule has 5 aromatic heterocycles. The molecule has 0 unspecified atom stereocenters. The van der Waals surface area contributed by atoms with Crippen LogP contribution < -0.4 is 5.32 Å². The van der Waals surface area contributed by atoms with E-state index in [0.29, 0.717) is 29.0 Å². The molecule has 6 aromatic rings. The van der Waals surface area contributed by atoms with Crippen molar-refractivity contribution >= 4 is 33.5 Å². The highest BCUT2D eigenvalue weighted by atomic mass is 19.1. The third-order valence-corrected chi connectivity index (χ3v) is 6.47. The zero-order chi connectivity index (χ0) is 27.1. The number of carbonyl (C=O) groups excluding carboxylic acids is 1. The first-order chi connectivity index (χ1) is 18.8. The van der Waals surface area contributed by atoms with E-state index in [4.69, 9.17) is 4.98 Å². The van der Waals surface area contributed by atoms with Crippen molar-refractivity contribution in [1.82, 2.24) is 30.1 Å². The van der Waals surface area contributed by atoms with Crippen LogP contribution in [-0.2, 0) is 4.79 Å². The van der Waals surface area contributed by atoms with E-state index in [-0.39, 0.29) is 17.6 Å². The molecule has 0 spiro atoms. The van der Waals surface area contributed by atoms with Crippen molar-refractivity contribution in [3.05, 3.63) is 78.6 Å². The number of carbonyl (C=O) groups is 1. The number of anilines is 1. The molecule has 1 amide bonds. The molecule has 0 atom stereocenters. The van der Waals surface area contributed by atoms with Gasteiger partial charge in [-0.2, -0.15) is 5.10 Å². The van der Waals surface area contributed by atoms with Crippen LogP contribution in [0, 0.1) is 18.7 Å². The Labute approximate surface area is 223 Å². The van der Waals surface area contributed by atoms with E-state index in [1.54, 1.807) is 24.8 Å². The molecule has 8 nitrogen and oxygen atoms in total. The number of hydrogen-bond donors (Lipinski definition) is 3. The Morgan fingerprint density at radius 3 is 2.64 bits per heavy atom. The minimum Gasteiger partial charge on any atom is -0.352 e. The fourth-order valence-corrected chi connectivity index (χ4v) is 4.78. The molecule has 1 aromatic carbocycles. The minimum absolute atomic E-state index is 0.0504. The normalized spacial score (nSPS) is 11.5. The van der Waals surface area contributed by atoms with E-state index in [9.17, 15) is 9.18 Å². The average Bonchev–Trinajstić information content (AvgIpc) is 3.51. The van der Waals surface area contributed by atoms with Gasteiger partial charge in [-0.25, -0.2) is 9.37 Å². The molecule has 5 heterocycles. The van der Waals surface area contributed by atoms with E-state index in [0.717, 1.165) is 44.4 Å². The molecule has 0 saturated heterocycles. The Morgan fingerprint density at radius 2 is 1.82 bits per heavy atom. The van der Waals surface area contributed by atoms with Gasteiger partial charge in [0.1, 0.15) is 17.0 Å². The van der Waals surface area contributed by atoms with Gasteiger partial charge >= 0.3 is 0 Å². The van der Waals surface area contributed by atoms with Crippen LogP contribution in [-0.4, -0.2) is 36.0 Å². The Morgan fingerprint density at radius 1 is 0.974 bits per heavy atom. The van der Waals surface area contributed by atoms with Crippen LogP contribution in [0.1, 0.15) is 25.8 Å². The van der Waals surface area contributed by atoms with Gasteiger partial charge in [-0.1, -0.05) is 19.9 Å². The standard InChI is InChI=1S/C30H26FN7O/c1-16(2)6-28(39)34-21-10-19(12-32-13-21)24-4-5-25-29(36-24)30(38-37-25)26-11-22-23(14-33-15-27(22)35-26)18-7-17(3)8-20(31)9-18/h4-5,7-16,35H,6H2,1-3H3,(H,34,39)(H,37,38). The number of fused-ring (bicyclic) bond motifs is 2. The predicted molar refractivity (Wildman–Crippen MR) is 150 cm³/mol. The van der Waals surface area contributed by atoms with Gasteiger partial charge in [0, 0.05) is 35.3 Å². The van der Waals surface area contributed by atoms with Crippen molar-refractivity contribution in [2.75, 3.05) is 5.32 Å². The Bertz CT molecular complexity index is 1830. The Kier molecular flexibility index (Phi) is 6.11. The van der Waals surface area contributed by atoms with Gasteiger partial charge in [-0.15, -0.1) is 0 Å². The summed E-state index contributed by atoms with van der Waals surface area (Å²) in [6.07, 6.45) is 7.26. The second-order valence-corrected chi connectivity index (χ2v) is 10.1. The SMILES string of the molecule is Cc1cc(F)cc(-c2cncc3[nH]c(-c4n[nH]c5ccc(-c6cncc(NC(=O)CC(C)C)c6)nc45)cc23)c1. The zero-order valence-electron chi connectivity index (χ0n) is 21.7. The van der Waals surface area contributed by atoms with Crippen LogP contribution in [0.25, 0.3) is 55.7 Å². The molecule has 0 bridgehead atoms. The lowest BCUT2D eigenvalue weighted by Crippen LogP contribution is -2.13. The van der Waals surface area contributed by atoms with Crippen molar-refractivity contribution in [3.8, 4) is 33.8 Å². The third kappa shape index (κ3) is 4.86. The van der Waals surface area contributed by atoms with Crippen molar-refractivity contribution in [3.63, 3.8) is 0 Å². The van der Waals surface area contributed by atoms with Crippen LogP contribution in [0.4, 0.5) is 10.1 Å². The number of halogens is 1. The average molecular weight is 520 g/mol. The molecule has 0 aliphatic carbocycles. The molecule has 6 rings (SSSR count). The maximum absolute atomic E-state index is 14.2. The molecule has 0 radical (unpaired) electrons. The summed E-state index contributed by atoms with van der Waals surface area (Å²) in [4.78, 5) is 29.2. The fourth-order valence-electron chi connectivity index (χ4n) is 4.78. The number of hydrogen-bond acceptors (Lipinski definition) is 5. The molecule has 39 heavy (non-hydrogen) atoms. The number of nitrogens with zero attached hydrogens (tertiary/aromatic N) is 4. The molecule has 194 valence electrons. The summed E-state index contributed by atoms with van der Waals surface area (Å²) in [5, 5.41) is 11.4. The smallest absolute Gasteiger partial charge is 0.224 e. The molecule has 0 aliphatic rings. The largest absolute Gasteiger partial charge is 0.352 e. The number of amides is 1. The quantitative estimate of drug-likeness (QED) is 0.228. The minimum atomic E-state index is -0.286. The first-order valence-electron chi connectivity index (χ1n) is 12.7. The van der Waals surface area contributed by atoms with Gasteiger partial charge < -0.3 is 10.3 Å². The summed E-state index contributed by atoms with van der Waals surface area (Å²) in [6.45, 7) is 5.87. The van der Waals surface area contributed by atoms with Crippen molar-refractivity contribution in [1.29, 1.82) is 0 Å². The van der Waals surface area contributed by atoms with E-state index in [1.165, 1.54) is 12.1 Å². The first-order valence-corrected chi connectivity index (χ1v) is 12.7. The summed E-state index contributed by atoms with van der Waals surface area (Å²) in [7, 11) is 0. The van der Waals surface area contributed by atoms with Crippen LogP contribution in [0.3, 0.4) is 0 Å². The van der Waals surface area contributed by atoms with Crippen LogP contribution in [0.5, 0.6) is 0 Å². The molecule has 0 fully saturated rings. The number of benzene rings is 1. The van der Waals surface area contributed by atoms with Gasteiger partial charge in [0.15, 0.2) is 0 Å². The van der Waals surface area contributed by atoms with Gasteiger partial charge in [0.2, 0.25) is 5.91 Å². The molecule has 9 heteroatoms. The fraction of sp³-hybridized carbons (Fsp3) is 0.167. The lowest BCUT2D eigenvalue weighted by Gasteiger charge is -2.08. The van der Waals surface area contributed by atoms with Crippen LogP contribution >= 0.6 is 0 Å². The maximum atomic E-state index is 14.2. The topological polar surface area (TPSA) is 112 Å². The summed E-state index contributed by atoms with van der Waals surface area (Å²) in [5.74, 6) is -0.0735. The van der Waals surface area contributed by atoms with Gasteiger partial charge in [-0.3, -0.25) is 19.9 Å². The molecular weight excluding hydrogens is 493 g/mol. The highest BCUT2D eigenvalue weighted by molar-refractivity contribution is 6.00. The van der Waals surface area contributed by atoms with Crippen molar-refractivity contribution < 1.29 is 9.18 Å². The Hall–Kier alpha value is -4.92. The summed E-state index contributed by atoms with van der Waals surface area (Å²) in [5.41, 5.74) is 8.21. The predicted octanol–water partition coefficient (Wildman–Crippen LogP) is 6.66. The van der Waals surface area contributed by atoms with Gasteiger partial charge in [-0.05, 0) is 60.4 Å². The van der Waals surface area contributed by atoms with E-state index >= 15 is 0 Å². The van der Waals surface area contributed by atoms with E-state index < -0.39 is 0 Å². The number of nitrogens with one attached hydrogen (secondary N) is 3. The second-order valence-electron chi connectivity index (χ2n) is 10.1. The molecule has 0 aliphatic heterocycles. The molecule has 0 saturated carbocycles. The zero-order valence-corrected chi connectivity index (χ0v) is 21.7. The first kappa shape index (κ1) is 24.4. The number of aryl methyl sites for hydroxylation is 1. The van der Waals surface area contributed by atoms with Crippen molar-refractivity contribution in [2.24, 2.45) is 5.92 Å². The summed E-state index contributed by atoms with van der Waals surface area (Å²) >= 11 is 0. The van der Waals surface area contributed by atoms with Crippen LogP contribution in [0.2, 0.25) is 0 Å². The number of H-pyrrole nitrogens is 2. The summed E-state index contributed by atoms with van der Waals surface area (Å²) in [6, 6.07) is 12.6. The van der Waals surface area contributed by atoms with Crippen molar-refractivity contribution in [2.45, 2.75) is 27.2 Å². The number of pyridine rings is 3. The van der Waals surface area contributed by atoms with Crippen LogP contribution in [0.15, 0.2) is 67.3 Å². The molecular formula is C30H26FN7O. The van der Waals surface area contributed by atoms with Gasteiger partial charge in [0.25, 0.3) is 0 Å². The third-order valence-electron chi connectivity index (χ3n) is 6.47. The highest BCUT2D eigenvalue weighted by Gasteiger charge is 2.16. The molecule has 3 N–H and O–H groups in total. The number of aromatic amines is 2. The monoisotopic (exact) mass is 519 g/mol. The van der Waals surface area contributed by atoms with E-state index in [2.05, 4.69) is 30.5 Å². The number of aromatic nitrogens is 6.